The summed E-state index contributed by atoms with van der Waals surface area (Å²) in [5.41, 5.74) is 1.16. The normalized spacial score (nSPS) is 10.3. The molecule has 0 saturated heterocycles. The average Bonchev–Trinajstić information content (AvgIpc) is 2.88. The van der Waals surface area contributed by atoms with Gasteiger partial charge in [0.1, 0.15) is 11.3 Å². The molecular weight excluding hydrogens is 252 g/mol. The largest absolute Gasteiger partial charge is 0.496 e. The Hall–Kier alpha value is -1.95. The van der Waals surface area contributed by atoms with Crippen LogP contribution in [0.15, 0.2) is 35.7 Å². The maximum atomic E-state index is 10.9. The molecule has 0 aliphatic carbocycles. The zero-order chi connectivity index (χ0) is 13.0. The van der Waals surface area contributed by atoms with Crippen LogP contribution in [0.4, 0.5) is 0 Å². The topological polar surface area (TPSA) is 75.2 Å². The molecule has 1 aromatic heterocycles. The number of H-pyrrole nitrogens is 1. The fourth-order valence-electron chi connectivity index (χ4n) is 1.48. The summed E-state index contributed by atoms with van der Waals surface area (Å²) in [6.45, 7) is 0. The number of methoxy groups -OCH3 is 1. The van der Waals surface area contributed by atoms with Crippen molar-refractivity contribution in [2.24, 2.45) is 0 Å². The minimum absolute atomic E-state index is 0.171. The Balaban J connectivity index is 2.12. The fourth-order valence-corrected chi connectivity index (χ4v) is 2.25. The van der Waals surface area contributed by atoms with Crippen molar-refractivity contribution in [1.29, 1.82) is 0 Å². The summed E-state index contributed by atoms with van der Waals surface area (Å²) >= 11 is 1.54. The van der Waals surface area contributed by atoms with Crippen molar-refractivity contribution in [2.75, 3.05) is 7.11 Å². The maximum absolute atomic E-state index is 10.9. The Kier molecular flexibility index (Phi) is 3.88. The molecule has 0 unspecified atom stereocenters. The highest BCUT2D eigenvalue weighted by Crippen LogP contribution is 2.24. The number of hydrogen-bond acceptors (Lipinski definition) is 4. The molecule has 2 N–H and O–H groups in total. The zero-order valence-corrected chi connectivity index (χ0v) is 10.5. The summed E-state index contributed by atoms with van der Waals surface area (Å²) in [7, 11) is 1.46. The van der Waals surface area contributed by atoms with Crippen LogP contribution in [0.2, 0.25) is 0 Å². The lowest BCUT2D eigenvalue weighted by atomic mass is 10.1. The quantitative estimate of drug-likeness (QED) is 0.811. The Morgan fingerprint density at radius 1 is 1.56 bits per heavy atom. The number of hydrogen-bond donors (Lipinski definition) is 2. The second-order valence-corrected chi connectivity index (χ2v) is 4.49. The van der Waals surface area contributed by atoms with Crippen LogP contribution in [0.5, 0.6) is 5.75 Å². The number of aromatic nitrogens is 2. The number of rotatable bonds is 5. The van der Waals surface area contributed by atoms with Crippen LogP contribution in [-0.2, 0) is 5.75 Å². The van der Waals surface area contributed by atoms with Gasteiger partial charge in [0.2, 0.25) is 0 Å². The number of carboxylic acid groups (broad SMARTS) is 1. The van der Waals surface area contributed by atoms with E-state index in [0.29, 0.717) is 11.5 Å². The van der Waals surface area contributed by atoms with Crippen molar-refractivity contribution in [1.82, 2.24) is 9.97 Å². The molecule has 0 fully saturated rings. The van der Waals surface area contributed by atoms with Crippen molar-refractivity contribution in [2.45, 2.75) is 10.9 Å². The molecule has 0 aliphatic heterocycles. The lowest BCUT2D eigenvalue weighted by Gasteiger charge is -2.07. The molecule has 0 spiro atoms. The first-order valence-corrected chi connectivity index (χ1v) is 6.21. The molecular formula is C12H12N2O3S. The molecule has 2 aromatic rings. The molecule has 94 valence electrons. The maximum Gasteiger partial charge on any atom is 0.339 e. The molecule has 6 heteroatoms. The summed E-state index contributed by atoms with van der Waals surface area (Å²) in [4.78, 5) is 18.0. The minimum Gasteiger partial charge on any atom is -0.496 e. The molecule has 0 aliphatic rings. The fraction of sp³-hybridized carbons (Fsp3) is 0.167. The van der Waals surface area contributed by atoms with Gasteiger partial charge in [0.25, 0.3) is 0 Å². The van der Waals surface area contributed by atoms with Crippen LogP contribution >= 0.6 is 11.8 Å². The summed E-state index contributed by atoms with van der Waals surface area (Å²) in [6, 6.07) is 5.07. The van der Waals surface area contributed by atoms with Gasteiger partial charge in [-0.1, -0.05) is 17.8 Å². The third-order valence-corrected chi connectivity index (χ3v) is 3.32. The SMILES string of the molecule is COc1cc(CSc2ncc[nH]2)ccc1C(=O)O. The predicted octanol–water partition coefficient (Wildman–Crippen LogP) is 2.41. The van der Waals surface area contributed by atoms with Gasteiger partial charge in [0.15, 0.2) is 5.16 Å². The second kappa shape index (κ2) is 5.59. The lowest BCUT2D eigenvalue weighted by Crippen LogP contribution is -2.00. The number of nitrogens with one attached hydrogen (secondary N) is 1. The highest BCUT2D eigenvalue weighted by Gasteiger charge is 2.11. The number of carboxylic acids is 1. The van der Waals surface area contributed by atoms with Gasteiger partial charge in [0.05, 0.1) is 7.11 Å². The van der Waals surface area contributed by atoms with E-state index in [9.17, 15) is 4.79 Å². The first kappa shape index (κ1) is 12.5. The van der Waals surface area contributed by atoms with Crippen LogP contribution in [0.3, 0.4) is 0 Å². The molecule has 0 radical (unpaired) electrons. The van der Waals surface area contributed by atoms with E-state index in [1.165, 1.54) is 7.11 Å². The van der Waals surface area contributed by atoms with Crippen molar-refractivity contribution >= 4 is 17.7 Å². The molecule has 0 bridgehead atoms. The lowest BCUT2D eigenvalue weighted by molar-refractivity contribution is 0.0693. The number of benzene rings is 1. The van der Waals surface area contributed by atoms with E-state index in [0.717, 1.165) is 10.7 Å². The van der Waals surface area contributed by atoms with Crippen LogP contribution < -0.4 is 4.74 Å². The standard InChI is InChI=1S/C12H12N2O3S/c1-17-10-6-8(2-3-9(10)11(15)16)7-18-12-13-4-5-14-12/h2-6H,7H2,1H3,(H,13,14)(H,15,16). The molecule has 1 aromatic carbocycles. The highest BCUT2D eigenvalue weighted by atomic mass is 32.2. The molecule has 5 nitrogen and oxygen atoms in total. The zero-order valence-electron chi connectivity index (χ0n) is 9.71. The van der Waals surface area contributed by atoms with E-state index in [1.807, 2.05) is 0 Å². The number of carbonyl (C=O) groups is 1. The van der Waals surface area contributed by atoms with Gasteiger partial charge in [-0.25, -0.2) is 9.78 Å². The van der Waals surface area contributed by atoms with Crippen LogP contribution in [0.1, 0.15) is 15.9 Å². The first-order valence-electron chi connectivity index (χ1n) is 5.23. The number of thioether (sulfide) groups is 1. The molecule has 1 heterocycles. The van der Waals surface area contributed by atoms with Crippen LogP contribution in [-0.4, -0.2) is 28.2 Å². The van der Waals surface area contributed by atoms with E-state index < -0.39 is 5.97 Å². The van der Waals surface area contributed by atoms with Crippen molar-refractivity contribution in [3.63, 3.8) is 0 Å². The van der Waals surface area contributed by atoms with E-state index >= 15 is 0 Å². The van der Waals surface area contributed by atoms with Gasteiger partial charge >= 0.3 is 5.97 Å². The van der Waals surface area contributed by atoms with Crippen molar-refractivity contribution < 1.29 is 14.6 Å². The molecule has 2 rings (SSSR count). The van der Waals surface area contributed by atoms with Crippen molar-refractivity contribution in [3.8, 4) is 5.75 Å². The number of nitrogens with zero attached hydrogens (tertiary/aromatic N) is 1. The van der Waals surface area contributed by atoms with Gasteiger partial charge in [0, 0.05) is 18.1 Å². The Bertz CT molecular complexity index is 540. The summed E-state index contributed by atoms with van der Waals surface area (Å²) in [6.07, 6.45) is 3.45. The summed E-state index contributed by atoms with van der Waals surface area (Å²) in [5.74, 6) is 0.0844. The minimum atomic E-state index is -0.989. The van der Waals surface area contributed by atoms with Crippen LogP contribution in [0, 0.1) is 0 Å². The predicted molar refractivity (Wildman–Crippen MR) is 68.1 cm³/mol. The first-order chi connectivity index (χ1) is 8.70. The van der Waals surface area contributed by atoms with E-state index in [4.69, 9.17) is 9.84 Å². The van der Waals surface area contributed by atoms with E-state index in [1.54, 1.807) is 42.4 Å². The van der Waals surface area contributed by atoms with Gasteiger partial charge in [-0.3, -0.25) is 0 Å². The number of aromatic carboxylic acids is 1. The summed E-state index contributed by atoms with van der Waals surface area (Å²) < 4.78 is 5.07. The molecule has 0 atom stereocenters. The molecule has 0 saturated carbocycles. The number of imidazole rings is 1. The van der Waals surface area contributed by atoms with Gasteiger partial charge in [-0.2, -0.15) is 0 Å². The van der Waals surface area contributed by atoms with Gasteiger partial charge in [-0.15, -0.1) is 0 Å². The van der Waals surface area contributed by atoms with Gasteiger partial charge < -0.3 is 14.8 Å². The van der Waals surface area contributed by atoms with E-state index in [2.05, 4.69) is 9.97 Å². The Morgan fingerprint density at radius 2 is 2.39 bits per heavy atom. The van der Waals surface area contributed by atoms with Crippen molar-refractivity contribution in [3.05, 3.63) is 41.7 Å². The van der Waals surface area contributed by atoms with E-state index in [-0.39, 0.29) is 5.56 Å². The monoisotopic (exact) mass is 264 g/mol. The highest BCUT2D eigenvalue weighted by molar-refractivity contribution is 7.98. The third kappa shape index (κ3) is 2.84. The number of ether oxygens (including phenoxy) is 1. The summed E-state index contributed by atoms with van der Waals surface area (Å²) in [5, 5.41) is 9.80. The number of aromatic amines is 1. The average molecular weight is 264 g/mol. The third-order valence-electron chi connectivity index (χ3n) is 2.35. The van der Waals surface area contributed by atoms with Gasteiger partial charge in [-0.05, 0) is 17.7 Å². The Labute approximate surface area is 108 Å². The second-order valence-electron chi connectivity index (χ2n) is 3.52. The Morgan fingerprint density at radius 3 is 3.00 bits per heavy atom. The smallest absolute Gasteiger partial charge is 0.339 e. The molecule has 0 amide bonds. The molecule has 18 heavy (non-hydrogen) atoms. The van der Waals surface area contributed by atoms with Crippen LogP contribution in [0.25, 0.3) is 0 Å².